The number of hydrogen-bond donors (Lipinski definition) is 1. The Hall–Kier alpha value is -3.51. The Morgan fingerprint density at radius 3 is 2.44 bits per heavy atom. The van der Waals surface area contributed by atoms with Crippen molar-refractivity contribution >= 4 is 34.7 Å². The molecule has 164 valence electrons. The molecule has 6 nitrogen and oxygen atoms in total. The molecule has 4 rings (SSSR count). The van der Waals surface area contributed by atoms with Crippen molar-refractivity contribution in [2.24, 2.45) is 0 Å². The summed E-state index contributed by atoms with van der Waals surface area (Å²) >= 11 is 5.99. The van der Waals surface area contributed by atoms with Gasteiger partial charge in [-0.3, -0.25) is 14.5 Å². The number of hydrogen-bond acceptors (Lipinski definition) is 5. The Morgan fingerprint density at radius 2 is 1.84 bits per heavy atom. The number of ether oxygens (including phenoxy) is 1. The van der Waals surface area contributed by atoms with Gasteiger partial charge in [0.2, 0.25) is 0 Å². The summed E-state index contributed by atoms with van der Waals surface area (Å²) in [4.78, 5) is 27.4. The fraction of sp³-hybridized carbons (Fsp3) is 0.200. The predicted molar refractivity (Wildman–Crippen MR) is 122 cm³/mol. The number of carbonyl (C=O) groups is 2. The topological polar surface area (TPSA) is 80.0 Å². The fourth-order valence-corrected chi connectivity index (χ4v) is 3.88. The van der Waals surface area contributed by atoms with Crippen molar-refractivity contribution in [3.05, 3.63) is 88.3 Å². The third-order valence-electron chi connectivity index (χ3n) is 5.17. The van der Waals surface area contributed by atoms with Gasteiger partial charge in [0, 0.05) is 16.3 Å². The van der Waals surface area contributed by atoms with Gasteiger partial charge in [-0.15, -0.1) is 0 Å². The lowest BCUT2D eigenvalue weighted by Crippen LogP contribution is -2.29. The number of rotatable bonds is 5. The molecule has 2 aromatic carbocycles. The Labute approximate surface area is 190 Å². The van der Waals surface area contributed by atoms with Crippen LogP contribution < -0.4 is 9.64 Å². The molecule has 7 heteroatoms. The molecule has 1 aliphatic heterocycles. The van der Waals surface area contributed by atoms with E-state index in [1.165, 1.54) is 11.2 Å². The van der Waals surface area contributed by atoms with Crippen LogP contribution in [-0.2, 0) is 9.59 Å². The number of carbonyl (C=O) groups excluding carboxylic acids is 2. The highest BCUT2D eigenvalue weighted by molar-refractivity contribution is 6.51. The van der Waals surface area contributed by atoms with Crippen molar-refractivity contribution in [1.82, 2.24) is 0 Å². The molecular formula is C25H22ClNO5. The van der Waals surface area contributed by atoms with E-state index in [-0.39, 0.29) is 17.4 Å². The van der Waals surface area contributed by atoms with Crippen LogP contribution in [0.25, 0.3) is 5.76 Å². The summed E-state index contributed by atoms with van der Waals surface area (Å²) < 4.78 is 11.3. The number of Topliss-reactive ketones (excluding diaryl/α,β-unsaturated/α-hetero) is 1. The van der Waals surface area contributed by atoms with Crippen LogP contribution in [0.4, 0.5) is 5.69 Å². The molecule has 1 saturated heterocycles. The van der Waals surface area contributed by atoms with Crippen molar-refractivity contribution in [2.75, 3.05) is 4.90 Å². The fourth-order valence-electron chi connectivity index (χ4n) is 3.75. The van der Waals surface area contributed by atoms with Crippen molar-refractivity contribution in [1.29, 1.82) is 0 Å². The summed E-state index contributed by atoms with van der Waals surface area (Å²) in [5.74, 6) is -0.788. The number of furan rings is 1. The number of nitrogens with zero attached hydrogens (tertiary/aromatic N) is 1. The molecule has 0 saturated carbocycles. The third kappa shape index (κ3) is 3.89. The number of aliphatic hydroxyl groups excluding tert-OH is 1. The maximum Gasteiger partial charge on any atom is 0.300 e. The van der Waals surface area contributed by atoms with E-state index in [1.54, 1.807) is 54.6 Å². The van der Waals surface area contributed by atoms with E-state index in [0.717, 1.165) is 5.56 Å². The molecule has 2 heterocycles. The van der Waals surface area contributed by atoms with Crippen molar-refractivity contribution in [3.8, 4) is 5.75 Å². The average Bonchev–Trinajstić information content (AvgIpc) is 3.37. The Bertz CT molecular complexity index is 1200. The van der Waals surface area contributed by atoms with E-state index in [0.29, 0.717) is 27.8 Å². The van der Waals surface area contributed by atoms with Gasteiger partial charge in [0.05, 0.1) is 17.9 Å². The second-order valence-corrected chi connectivity index (χ2v) is 8.24. The van der Waals surface area contributed by atoms with E-state index < -0.39 is 17.7 Å². The van der Waals surface area contributed by atoms with E-state index in [1.807, 2.05) is 20.8 Å². The van der Waals surface area contributed by atoms with Crippen LogP contribution in [0.5, 0.6) is 5.75 Å². The van der Waals surface area contributed by atoms with Gasteiger partial charge in [-0.1, -0.05) is 11.6 Å². The normalized spacial score (nSPS) is 17.9. The minimum atomic E-state index is -0.918. The molecule has 0 aliphatic carbocycles. The molecule has 1 N–H and O–H groups in total. The van der Waals surface area contributed by atoms with Gasteiger partial charge in [0.25, 0.3) is 11.7 Å². The lowest BCUT2D eigenvalue weighted by Gasteiger charge is -2.23. The number of halogens is 1. The zero-order chi connectivity index (χ0) is 23.0. The summed E-state index contributed by atoms with van der Waals surface area (Å²) in [5.41, 5.74) is 1.62. The van der Waals surface area contributed by atoms with Gasteiger partial charge >= 0.3 is 0 Å². The second-order valence-electron chi connectivity index (χ2n) is 7.81. The van der Waals surface area contributed by atoms with E-state index in [2.05, 4.69) is 0 Å². The lowest BCUT2D eigenvalue weighted by atomic mass is 9.98. The van der Waals surface area contributed by atoms with Crippen molar-refractivity contribution in [3.63, 3.8) is 0 Å². The molecule has 1 unspecified atom stereocenters. The van der Waals surface area contributed by atoms with Crippen LogP contribution in [0.3, 0.4) is 0 Å². The van der Waals surface area contributed by atoms with E-state index in [9.17, 15) is 14.7 Å². The molecule has 1 atom stereocenters. The highest BCUT2D eigenvalue weighted by Crippen LogP contribution is 2.42. The van der Waals surface area contributed by atoms with Crippen LogP contribution in [0.1, 0.15) is 36.8 Å². The summed E-state index contributed by atoms with van der Waals surface area (Å²) in [6, 6.07) is 14.1. The first-order chi connectivity index (χ1) is 15.3. The minimum Gasteiger partial charge on any atom is -0.507 e. The first-order valence-corrected chi connectivity index (χ1v) is 10.5. The highest BCUT2D eigenvalue weighted by Gasteiger charge is 2.48. The smallest absolute Gasteiger partial charge is 0.300 e. The molecule has 0 spiro atoms. The maximum absolute atomic E-state index is 13.1. The Kier molecular flexibility index (Phi) is 5.80. The third-order valence-corrected chi connectivity index (χ3v) is 5.42. The zero-order valence-electron chi connectivity index (χ0n) is 17.8. The predicted octanol–water partition coefficient (Wildman–Crippen LogP) is 5.65. The van der Waals surface area contributed by atoms with Crippen molar-refractivity contribution in [2.45, 2.75) is 32.9 Å². The molecule has 1 aliphatic rings. The summed E-state index contributed by atoms with van der Waals surface area (Å²) in [5, 5.41) is 11.7. The van der Waals surface area contributed by atoms with Gasteiger partial charge in [0.15, 0.2) is 0 Å². The first kappa shape index (κ1) is 21.7. The summed E-state index contributed by atoms with van der Waals surface area (Å²) in [7, 11) is 0. The molecule has 0 bridgehead atoms. The van der Waals surface area contributed by atoms with Crippen molar-refractivity contribution < 1.29 is 23.8 Å². The molecule has 0 radical (unpaired) electrons. The molecule has 3 aromatic rings. The van der Waals surface area contributed by atoms with Gasteiger partial charge < -0.3 is 14.3 Å². The quantitative estimate of drug-likeness (QED) is 0.308. The molecule has 1 amide bonds. The summed E-state index contributed by atoms with van der Waals surface area (Å²) in [6.07, 6.45) is 1.45. The Balaban J connectivity index is 1.85. The molecule has 32 heavy (non-hydrogen) atoms. The van der Waals surface area contributed by atoms with E-state index >= 15 is 0 Å². The molecule has 1 aromatic heterocycles. The van der Waals surface area contributed by atoms with Gasteiger partial charge in [-0.05, 0) is 80.9 Å². The van der Waals surface area contributed by atoms with Gasteiger partial charge in [0.1, 0.15) is 23.3 Å². The minimum absolute atomic E-state index is 0.00296. The number of ketones is 1. The summed E-state index contributed by atoms with van der Waals surface area (Å²) in [6.45, 7) is 5.70. The monoisotopic (exact) mass is 451 g/mol. The molecule has 1 fully saturated rings. The number of benzene rings is 2. The number of amides is 1. The van der Waals surface area contributed by atoms with Crippen LogP contribution >= 0.6 is 11.6 Å². The lowest BCUT2D eigenvalue weighted by molar-refractivity contribution is -0.132. The number of aliphatic hydroxyl groups is 1. The second kappa shape index (κ2) is 8.55. The van der Waals surface area contributed by atoms with Gasteiger partial charge in [-0.25, -0.2) is 0 Å². The van der Waals surface area contributed by atoms with E-state index in [4.69, 9.17) is 20.8 Å². The Morgan fingerprint density at radius 1 is 1.12 bits per heavy atom. The first-order valence-electron chi connectivity index (χ1n) is 10.2. The SMILES string of the molecule is Cc1cc(/C(O)=C2/C(=O)C(=O)N(c3ccc(Cl)cc3)C2c2ccco2)ccc1OC(C)C. The largest absolute Gasteiger partial charge is 0.507 e. The van der Waals surface area contributed by atoms with Crippen LogP contribution in [-0.4, -0.2) is 22.9 Å². The standard InChI is InChI=1S/C25H22ClNO5/c1-14(2)32-19-11-6-16(13-15(19)3)23(28)21-22(20-5-4-12-31-20)27(25(30)24(21)29)18-9-7-17(26)8-10-18/h4-14,22,28H,1-3H3/b23-21-. The van der Waals surface area contributed by atoms with Crippen LogP contribution in [0.15, 0.2) is 70.9 Å². The number of anilines is 1. The molecular weight excluding hydrogens is 430 g/mol. The van der Waals surface area contributed by atoms with Gasteiger partial charge in [-0.2, -0.15) is 0 Å². The number of aryl methyl sites for hydroxylation is 1. The highest BCUT2D eigenvalue weighted by atomic mass is 35.5. The van der Waals surface area contributed by atoms with Crippen LogP contribution in [0, 0.1) is 6.92 Å². The maximum atomic E-state index is 13.1. The average molecular weight is 452 g/mol. The zero-order valence-corrected chi connectivity index (χ0v) is 18.6. The van der Waals surface area contributed by atoms with Crippen LogP contribution in [0.2, 0.25) is 5.02 Å².